The highest BCUT2D eigenvalue weighted by Gasteiger charge is 2.29. The molecule has 1 aliphatic heterocycles. The van der Waals surface area contributed by atoms with Crippen molar-refractivity contribution >= 4 is 32.7 Å². The Morgan fingerprint density at radius 3 is 2.59 bits per heavy atom. The average Bonchev–Trinajstić information content (AvgIpc) is 3.09. The second-order valence-corrected chi connectivity index (χ2v) is 10.0. The molecular weight excluding hydrogens is 414 g/mol. The molecule has 2 heterocycles. The van der Waals surface area contributed by atoms with Crippen molar-refractivity contribution < 1.29 is 18.1 Å². The molecule has 1 saturated heterocycles. The Labute approximate surface area is 174 Å². The molecule has 158 valence electrons. The molecule has 0 aliphatic carbocycles. The van der Waals surface area contributed by atoms with E-state index in [1.165, 1.54) is 26.9 Å². The molecule has 0 bridgehead atoms. The molecule has 1 aliphatic rings. The number of aryl methyl sites for hydroxylation is 2. The minimum Gasteiger partial charge on any atom is -0.379 e. The third kappa shape index (κ3) is 4.61. The van der Waals surface area contributed by atoms with Gasteiger partial charge in [-0.05, 0) is 44.0 Å². The second kappa shape index (κ2) is 8.78. The normalized spacial score (nSPS) is 16.5. The number of sulfonamides is 1. The Bertz CT molecular complexity index is 997. The highest BCUT2D eigenvalue weighted by molar-refractivity contribution is 7.89. The molecule has 8 nitrogen and oxygen atoms in total. The van der Waals surface area contributed by atoms with Crippen molar-refractivity contribution in [1.82, 2.24) is 4.31 Å². The summed E-state index contributed by atoms with van der Waals surface area (Å²) in [6.45, 7) is 7.21. The van der Waals surface area contributed by atoms with Crippen molar-refractivity contribution in [3.8, 4) is 0 Å². The number of nitro groups is 1. The van der Waals surface area contributed by atoms with Crippen LogP contribution < -0.4 is 5.32 Å². The van der Waals surface area contributed by atoms with Gasteiger partial charge in [-0.1, -0.05) is 6.92 Å². The van der Waals surface area contributed by atoms with Crippen LogP contribution in [0.4, 0.5) is 11.4 Å². The summed E-state index contributed by atoms with van der Waals surface area (Å²) in [5, 5.41) is 14.8. The summed E-state index contributed by atoms with van der Waals surface area (Å²) in [5.41, 5.74) is 1.25. The van der Waals surface area contributed by atoms with Gasteiger partial charge in [-0.2, -0.15) is 4.31 Å². The van der Waals surface area contributed by atoms with Gasteiger partial charge in [-0.25, -0.2) is 8.42 Å². The van der Waals surface area contributed by atoms with Gasteiger partial charge in [0.15, 0.2) is 0 Å². The average molecular weight is 440 g/mol. The number of hydrogen-bond acceptors (Lipinski definition) is 7. The third-order valence-corrected chi connectivity index (χ3v) is 8.39. The molecule has 1 unspecified atom stereocenters. The van der Waals surface area contributed by atoms with Crippen molar-refractivity contribution in [3.05, 3.63) is 49.7 Å². The lowest BCUT2D eigenvalue weighted by Crippen LogP contribution is -2.40. The van der Waals surface area contributed by atoms with Crippen LogP contribution in [0.3, 0.4) is 0 Å². The molecule has 1 aromatic heterocycles. The van der Waals surface area contributed by atoms with Crippen LogP contribution in [0.25, 0.3) is 0 Å². The number of morpholine rings is 1. The van der Waals surface area contributed by atoms with E-state index in [1.54, 1.807) is 11.3 Å². The maximum atomic E-state index is 12.8. The molecule has 0 amide bonds. The third-order valence-electron chi connectivity index (χ3n) is 4.93. The van der Waals surface area contributed by atoms with Gasteiger partial charge in [0.1, 0.15) is 5.69 Å². The highest BCUT2D eigenvalue weighted by Crippen LogP contribution is 2.34. The summed E-state index contributed by atoms with van der Waals surface area (Å²) in [5.74, 6) is 0. The molecule has 1 fully saturated rings. The monoisotopic (exact) mass is 439 g/mol. The van der Waals surface area contributed by atoms with E-state index < -0.39 is 14.9 Å². The minimum absolute atomic E-state index is 0.0791. The van der Waals surface area contributed by atoms with E-state index in [-0.39, 0.29) is 29.7 Å². The summed E-state index contributed by atoms with van der Waals surface area (Å²) in [4.78, 5) is 13.4. The number of nitro benzene ring substituents is 1. The fourth-order valence-corrected chi connectivity index (χ4v) is 5.84. The van der Waals surface area contributed by atoms with Gasteiger partial charge in [-0.15, -0.1) is 11.3 Å². The van der Waals surface area contributed by atoms with Crippen molar-refractivity contribution in [3.63, 3.8) is 0 Å². The molecule has 1 N–H and O–H groups in total. The van der Waals surface area contributed by atoms with Gasteiger partial charge in [0, 0.05) is 28.9 Å². The molecule has 29 heavy (non-hydrogen) atoms. The fraction of sp³-hybridized carbons (Fsp3) is 0.474. The van der Waals surface area contributed by atoms with Crippen molar-refractivity contribution in [2.45, 2.75) is 38.1 Å². The van der Waals surface area contributed by atoms with Gasteiger partial charge in [0.05, 0.1) is 29.1 Å². The molecule has 1 aromatic carbocycles. The molecule has 3 rings (SSSR count). The van der Waals surface area contributed by atoms with E-state index in [4.69, 9.17) is 4.74 Å². The first-order valence-electron chi connectivity index (χ1n) is 9.46. The summed E-state index contributed by atoms with van der Waals surface area (Å²) in [6, 6.07) is 5.98. The number of benzene rings is 1. The number of nitrogens with one attached hydrogen (secondary N) is 1. The molecule has 10 heteroatoms. The first kappa shape index (κ1) is 21.7. The predicted molar refractivity (Wildman–Crippen MR) is 113 cm³/mol. The van der Waals surface area contributed by atoms with Crippen LogP contribution in [-0.2, 0) is 21.2 Å². The summed E-state index contributed by atoms with van der Waals surface area (Å²) in [7, 11) is -3.80. The fourth-order valence-electron chi connectivity index (χ4n) is 3.30. The first-order valence-corrected chi connectivity index (χ1v) is 11.7. The highest BCUT2D eigenvalue weighted by atomic mass is 32.2. The molecule has 1 atom stereocenters. The van der Waals surface area contributed by atoms with Crippen LogP contribution in [0, 0.1) is 17.0 Å². The zero-order valence-corrected chi connectivity index (χ0v) is 18.3. The van der Waals surface area contributed by atoms with E-state index in [0.717, 1.165) is 17.4 Å². The standard InChI is InChI=1S/C19H25N3O5S2/c1-4-18-13(2)11-19(28-18)14(3)20-16-6-5-15(12-17(16)22(23)24)29(25,26)21-7-9-27-10-8-21/h5-6,11-12,14,20H,4,7-10H2,1-3H3. The van der Waals surface area contributed by atoms with Crippen molar-refractivity contribution in [1.29, 1.82) is 0 Å². The number of nitrogens with zero attached hydrogens (tertiary/aromatic N) is 2. The van der Waals surface area contributed by atoms with Crippen LogP contribution in [0.1, 0.15) is 35.2 Å². The lowest BCUT2D eigenvalue weighted by molar-refractivity contribution is -0.384. The SMILES string of the molecule is CCc1sc(C(C)Nc2ccc(S(=O)(=O)N3CCOCC3)cc2[N+](=O)[O-])cc1C. The van der Waals surface area contributed by atoms with E-state index in [2.05, 4.69) is 25.2 Å². The Kier molecular flexibility index (Phi) is 6.57. The van der Waals surface area contributed by atoms with E-state index in [9.17, 15) is 18.5 Å². The van der Waals surface area contributed by atoms with Gasteiger partial charge in [-0.3, -0.25) is 10.1 Å². The Morgan fingerprint density at radius 2 is 2.00 bits per heavy atom. The number of anilines is 1. The molecule has 2 aromatic rings. The van der Waals surface area contributed by atoms with Crippen LogP contribution >= 0.6 is 11.3 Å². The summed E-state index contributed by atoms with van der Waals surface area (Å²) in [6.07, 6.45) is 0.942. The van der Waals surface area contributed by atoms with Gasteiger partial charge >= 0.3 is 0 Å². The van der Waals surface area contributed by atoms with Crippen LogP contribution in [0.2, 0.25) is 0 Å². The molecule has 0 saturated carbocycles. The van der Waals surface area contributed by atoms with Gasteiger partial charge < -0.3 is 10.1 Å². The summed E-state index contributed by atoms with van der Waals surface area (Å²) >= 11 is 1.68. The number of hydrogen-bond donors (Lipinski definition) is 1. The first-order chi connectivity index (χ1) is 13.7. The minimum atomic E-state index is -3.80. The Balaban J connectivity index is 1.89. The van der Waals surface area contributed by atoms with Gasteiger partial charge in [0.2, 0.25) is 10.0 Å². The maximum absolute atomic E-state index is 12.8. The number of rotatable bonds is 7. The van der Waals surface area contributed by atoms with Crippen molar-refractivity contribution in [2.24, 2.45) is 0 Å². The van der Waals surface area contributed by atoms with Crippen LogP contribution in [0.15, 0.2) is 29.2 Å². The van der Waals surface area contributed by atoms with Crippen LogP contribution in [0.5, 0.6) is 0 Å². The topological polar surface area (TPSA) is 102 Å². The predicted octanol–water partition coefficient (Wildman–Crippen LogP) is 3.72. The van der Waals surface area contributed by atoms with E-state index in [1.807, 2.05) is 6.92 Å². The van der Waals surface area contributed by atoms with Gasteiger partial charge in [0.25, 0.3) is 5.69 Å². The van der Waals surface area contributed by atoms with E-state index >= 15 is 0 Å². The van der Waals surface area contributed by atoms with Crippen LogP contribution in [-0.4, -0.2) is 43.9 Å². The van der Waals surface area contributed by atoms with E-state index in [0.29, 0.717) is 18.9 Å². The Morgan fingerprint density at radius 1 is 1.31 bits per heavy atom. The quantitative estimate of drug-likeness (QED) is 0.521. The summed E-state index contributed by atoms with van der Waals surface area (Å²) < 4.78 is 32.1. The number of thiophene rings is 1. The molecular formula is C19H25N3O5S2. The lowest BCUT2D eigenvalue weighted by Gasteiger charge is -2.26. The van der Waals surface area contributed by atoms with Crippen molar-refractivity contribution in [2.75, 3.05) is 31.6 Å². The zero-order chi connectivity index (χ0) is 21.2. The molecule has 0 radical (unpaired) electrons. The Hall–Kier alpha value is -2.01. The smallest absolute Gasteiger partial charge is 0.293 e. The zero-order valence-electron chi connectivity index (χ0n) is 16.7. The maximum Gasteiger partial charge on any atom is 0.293 e. The largest absolute Gasteiger partial charge is 0.379 e. The number of ether oxygens (including phenoxy) is 1. The second-order valence-electron chi connectivity index (χ2n) is 6.93. The lowest BCUT2D eigenvalue weighted by atomic mass is 10.2. The molecule has 0 spiro atoms.